The van der Waals surface area contributed by atoms with E-state index in [9.17, 15) is 9.90 Å². The molecular weight excluding hydrogens is 298 g/mol. The molecule has 0 aliphatic carbocycles. The summed E-state index contributed by atoms with van der Waals surface area (Å²) in [4.78, 5) is 11.7. The summed E-state index contributed by atoms with van der Waals surface area (Å²) in [6.45, 7) is 3.92. The Balaban J connectivity index is 2.23. The molecule has 118 valence electrons. The Hall–Kier alpha value is -3.25. The number of hydrogen-bond acceptors (Lipinski definition) is 1. The molecule has 1 aromatic heterocycles. The fraction of sp³-hybridized carbons (Fsp3) is 0.0952. The van der Waals surface area contributed by atoms with Gasteiger partial charge in [-0.3, -0.25) is 0 Å². The van der Waals surface area contributed by atoms with Gasteiger partial charge < -0.3 is 9.67 Å². The van der Waals surface area contributed by atoms with Gasteiger partial charge in [-0.1, -0.05) is 36.1 Å². The molecule has 3 rings (SSSR count). The molecule has 0 saturated heterocycles. The van der Waals surface area contributed by atoms with E-state index in [1.807, 2.05) is 66.9 Å². The van der Waals surface area contributed by atoms with Gasteiger partial charge in [-0.25, -0.2) is 4.79 Å². The normalized spacial score (nSPS) is 10.1. The number of carbonyl (C=O) groups is 1. The fourth-order valence-electron chi connectivity index (χ4n) is 2.74. The van der Waals surface area contributed by atoms with Crippen LogP contribution in [0.5, 0.6) is 0 Å². The number of benzene rings is 2. The van der Waals surface area contributed by atoms with Gasteiger partial charge in [-0.15, -0.1) is 0 Å². The van der Waals surface area contributed by atoms with Gasteiger partial charge in [0.1, 0.15) is 0 Å². The second-order valence-electron chi connectivity index (χ2n) is 5.57. The summed E-state index contributed by atoms with van der Waals surface area (Å²) in [5.74, 6) is 5.29. The van der Waals surface area contributed by atoms with Gasteiger partial charge in [0.25, 0.3) is 0 Å². The highest BCUT2D eigenvalue weighted by molar-refractivity contribution is 5.93. The Morgan fingerprint density at radius 1 is 0.875 bits per heavy atom. The van der Waals surface area contributed by atoms with Gasteiger partial charge in [0, 0.05) is 22.5 Å². The fourth-order valence-corrected chi connectivity index (χ4v) is 2.74. The molecular formula is C21H17NO2. The van der Waals surface area contributed by atoms with Crippen molar-refractivity contribution >= 4 is 5.97 Å². The van der Waals surface area contributed by atoms with Crippen LogP contribution in [-0.4, -0.2) is 15.6 Å². The smallest absolute Gasteiger partial charge is 0.337 e. The van der Waals surface area contributed by atoms with Gasteiger partial charge in [0.05, 0.1) is 11.3 Å². The Kier molecular flexibility index (Phi) is 4.22. The molecule has 2 aromatic carbocycles. The van der Waals surface area contributed by atoms with E-state index in [4.69, 9.17) is 0 Å². The molecule has 0 bridgehead atoms. The van der Waals surface area contributed by atoms with Crippen molar-refractivity contribution in [3.8, 4) is 17.5 Å². The summed E-state index contributed by atoms with van der Waals surface area (Å²) in [6.07, 6.45) is 0. The van der Waals surface area contributed by atoms with Crippen LogP contribution in [0.25, 0.3) is 5.69 Å². The van der Waals surface area contributed by atoms with E-state index in [1.54, 1.807) is 12.1 Å². The highest BCUT2D eigenvalue weighted by Gasteiger charge is 2.17. The quantitative estimate of drug-likeness (QED) is 0.720. The van der Waals surface area contributed by atoms with Gasteiger partial charge >= 0.3 is 5.97 Å². The van der Waals surface area contributed by atoms with Crippen molar-refractivity contribution in [2.75, 3.05) is 0 Å². The molecule has 0 atom stereocenters. The third-order valence-corrected chi connectivity index (χ3v) is 3.88. The van der Waals surface area contributed by atoms with Crippen LogP contribution in [0.4, 0.5) is 0 Å². The number of aryl methyl sites for hydroxylation is 2. The number of rotatable bonds is 2. The number of aromatic carboxylic acids is 1. The Morgan fingerprint density at radius 3 is 2.17 bits per heavy atom. The van der Waals surface area contributed by atoms with E-state index < -0.39 is 5.97 Å². The largest absolute Gasteiger partial charge is 0.478 e. The first kappa shape index (κ1) is 15.6. The van der Waals surface area contributed by atoms with Crippen molar-refractivity contribution in [2.24, 2.45) is 0 Å². The number of nitrogens with zero attached hydrogens (tertiary/aromatic N) is 1. The summed E-state index contributed by atoms with van der Waals surface area (Å²) in [5.41, 5.74) is 4.41. The lowest BCUT2D eigenvalue weighted by atomic mass is 10.1. The molecule has 0 saturated carbocycles. The number of aromatic nitrogens is 1. The van der Waals surface area contributed by atoms with Crippen LogP contribution in [0.3, 0.4) is 0 Å². The van der Waals surface area contributed by atoms with E-state index >= 15 is 0 Å². The van der Waals surface area contributed by atoms with E-state index in [0.29, 0.717) is 11.3 Å². The van der Waals surface area contributed by atoms with Crippen LogP contribution < -0.4 is 0 Å². The van der Waals surface area contributed by atoms with Crippen molar-refractivity contribution in [1.82, 2.24) is 4.57 Å². The summed E-state index contributed by atoms with van der Waals surface area (Å²) < 4.78 is 1.94. The Morgan fingerprint density at radius 2 is 1.54 bits per heavy atom. The average molecular weight is 315 g/mol. The average Bonchev–Trinajstić information content (AvgIpc) is 2.92. The molecule has 0 fully saturated rings. The van der Waals surface area contributed by atoms with Crippen LogP contribution in [-0.2, 0) is 0 Å². The Bertz CT molecular complexity index is 937. The molecule has 3 heteroatoms. The maximum absolute atomic E-state index is 11.7. The summed E-state index contributed by atoms with van der Waals surface area (Å²) in [7, 11) is 0. The molecule has 0 spiro atoms. The Labute approximate surface area is 141 Å². The topological polar surface area (TPSA) is 42.2 Å². The maximum Gasteiger partial charge on any atom is 0.337 e. The maximum atomic E-state index is 11.7. The van der Waals surface area contributed by atoms with Gasteiger partial charge in [-0.2, -0.15) is 0 Å². The van der Waals surface area contributed by atoms with E-state index in [1.165, 1.54) is 0 Å². The van der Waals surface area contributed by atoms with E-state index in [2.05, 4.69) is 11.8 Å². The SMILES string of the molecule is Cc1ccc(C)n1-c1c(C#Cc2ccccc2)cccc1C(=O)O. The molecule has 0 aliphatic heterocycles. The third-order valence-electron chi connectivity index (χ3n) is 3.88. The second-order valence-corrected chi connectivity index (χ2v) is 5.57. The second kappa shape index (κ2) is 6.47. The van der Waals surface area contributed by atoms with Crippen LogP contribution in [0.2, 0.25) is 0 Å². The minimum atomic E-state index is -0.958. The standard InChI is InChI=1S/C21H17NO2/c1-15-11-12-16(2)22(15)20-18(9-6-10-19(20)21(23)24)14-13-17-7-4-3-5-8-17/h3-12H,1-2H3,(H,23,24). The van der Waals surface area contributed by atoms with Crippen LogP contribution in [0.15, 0.2) is 60.7 Å². The van der Waals surface area contributed by atoms with Gasteiger partial charge in [0.15, 0.2) is 0 Å². The molecule has 0 amide bonds. The highest BCUT2D eigenvalue weighted by Crippen LogP contribution is 2.24. The summed E-state index contributed by atoms with van der Waals surface area (Å²) >= 11 is 0. The van der Waals surface area contributed by atoms with Crippen molar-refractivity contribution in [1.29, 1.82) is 0 Å². The first-order valence-corrected chi connectivity index (χ1v) is 7.66. The summed E-state index contributed by atoms with van der Waals surface area (Å²) in [6, 6.07) is 18.8. The van der Waals surface area contributed by atoms with Crippen molar-refractivity contribution in [3.05, 3.63) is 88.7 Å². The van der Waals surface area contributed by atoms with Crippen molar-refractivity contribution < 1.29 is 9.90 Å². The zero-order chi connectivity index (χ0) is 17.1. The van der Waals surface area contributed by atoms with Crippen molar-refractivity contribution in [3.63, 3.8) is 0 Å². The lowest BCUT2D eigenvalue weighted by Crippen LogP contribution is -2.10. The predicted octanol–water partition coefficient (Wildman–Crippen LogP) is 4.19. The molecule has 0 radical (unpaired) electrons. The van der Waals surface area contributed by atoms with Crippen LogP contribution >= 0.6 is 0 Å². The first-order chi connectivity index (χ1) is 11.6. The number of carboxylic acids is 1. The molecule has 3 aromatic rings. The molecule has 1 heterocycles. The minimum absolute atomic E-state index is 0.247. The zero-order valence-electron chi connectivity index (χ0n) is 13.6. The number of hydrogen-bond donors (Lipinski definition) is 1. The molecule has 3 nitrogen and oxygen atoms in total. The lowest BCUT2D eigenvalue weighted by molar-refractivity contribution is 0.0697. The molecule has 0 unspecified atom stereocenters. The monoisotopic (exact) mass is 315 g/mol. The van der Waals surface area contributed by atoms with Crippen molar-refractivity contribution in [2.45, 2.75) is 13.8 Å². The van der Waals surface area contributed by atoms with Crippen LogP contribution in [0.1, 0.15) is 32.9 Å². The van der Waals surface area contributed by atoms with Crippen LogP contribution in [0, 0.1) is 25.7 Å². The lowest BCUT2D eigenvalue weighted by Gasteiger charge is -2.14. The minimum Gasteiger partial charge on any atom is -0.478 e. The molecule has 0 aliphatic rings. The number of carboxylic acid groups (broad SMARTS) is 1. The summed E-state index contributed by atoms with van der Waals surface area (Å²) in [5, 5.41) is 9.59. The zero-order valence-corrected chi connectivity index (χ0v) is 13.6. The van der Waals surface area contributed by atoms with Gasteiger partial charge in [0.2, 0.25) is 0 Å². The first-order valence-electron chi connectivity index (χ1n) is 7.66. The van der Waals surface area contributed by atoms with Gasteiger partial charge in [-0.05, 0) is 50.2 Å². The molecule has 1 N–H and O–H groups in total. The molecule has 24 heavy (non-hydrogen) atoms. The number of para-hydroxylation sites is 1. The van der Waals surface area contributed by atoms with E-state index in [0.717, 1.165) is 17.0 Å². The highest BCUT2D eigenvalue weighted by atomic mass is 16.4. The third kappa shape index (κ3) is 2.95. The van der Waals surface area contributed by atoms with E-state index in [-0.39, 0.29) is 5.56 Å². The predicted molar refractivity (Wildman–Crippen MR) is 94.6 cm³/mol.